The van der Waals surface area contributed by atoms with Crippen molar-refractivity contribution in [1.29, 1.82) is 0 Å². The molecule has 1 saturated heterocycles. The number of ether oxygens (including phenoxy) is 1. The molecule has 1 fully saturated rings. The minimum absolute atomic E-state index is 0.340. The maximum atomic E-state index is 5.74. The summed E-state index contributed by atoms with van der Waals surface area (Å²) in [6, 6.07) is 9.00. The number of likely N-dealkylation sites (N-methyl/N-ethyl adjacent to an activating group) is 1. The van der Waals surface area contributed by atoms with Crippen LogP contribution in [0.4, 0.5) is 0 Å². The molecule has 2 nitrogen and oxygen atoms in total. The summed E-state index contributed by atoms with van der Waals surface area (Å²) in [4.78, 5) is 0. The first kappa shape index (κ1) is 10.7. The fourth-order valence-electron chi connectivity index (χ4n) is 2.30. The van der Waals surface area contributed by atoms with Crippen LogP contribution in [0.5, 0.6) is 0 Å². The van der Waals surface area contributed by atoms with E-state index in [-0.39, 0.29) is 0 Å². The molecule has 1 aliphatic rings. The Kier molecular flexibility index (Phi) is 3.39. The van der Waals surface area contributed by atoms with Gasteiger partial charge in [-0.25, -0.2) is 0 Å². The fourth-order valence-corrected chi connectivity index (χ4v) is 2.30. The van der Waals surface area contributed by atoms with Crippen molar-refractivity contribution >= 4 is 0 Å². The van der Waals surface area contributed by atoms with Crippen LogP contribution in [0.2, 0.25) is 0 Å². The Labute approximate surface area is 91.6 Å². The van der Waals surface area contributed by atoms with Crippen molar-refractivity contribution in [2.75, 3.05) is 13.7 Å². The molecule has 15 heavy (non-hydrogen) atoms. The van der Waals surface area contributed by atoms with Crippen molar-refractivity contribution in [1.82, 2.24) is 5.32 Å². The Morgan fingerprint density at radius 1 is 1.47 bits per heavy atom. The predicted octanol–water partition coefficient (Wildman–Crippen LogP) is 2.43. The Bertz CT molecular complexity index is 318. The van der Waals surface area contributed by atoms with E-state index >= 15 is 0 Å². The second-order valence-corrected chi connectivity index (χ2v) is 4.23. The largest absolute Gasteiger partial charge is 0.376 e. The summed E-state index contributed by atoms with van der Waals surface area (Å²) in [5.74, 6) is 0. The molecule has 1 aromatic carbocycles. The highest BCUT2D eigenvalue weighted by atomic mass is 16.5. The second-order valence-electron chi connectivity index (χ2n) is 4.23. The van der Waals surface area contributed by atoms with Crippen LogP contribution < -0.4 is 5.32 Å². The van der Waals surface area contributed by atoms with E-state index in [2.05, 4.69) is 36.5 Å². The van der Waals surface area contributed by atoms with Gasteiger partial charge in [-0.3, -0.25) is 0 Å². The Morgan fingerprint density at radius 2 is 2.33 bits per heavy atom. The number of benzene rings is 1. The van der Waals surface area contributed by atoms with Gasteiger partial charge in [0.05, 0.1) is 12.1 Å². The van der Waals surface area contributed by atoms with Crippen LogP contribution in [0.25, 0.3) is 0 Å². The first-order valence-electron chi connectivity index (χ1n) is 5.66. The van der Waals surface area contributed by atoms with Crippen LogP contribution in [-0.2, 0) is 4.74 Å². The molecule has 1 N–H and O–H groups in total. The third kappa shape index (κ3) is 2.39. The Balaban J connectivity index is 2.18. The van der Waals surface area contributed by atoms with Gasteiger partial charge in [-0.15, -0.1) is 0 Å². The molecule has 1 aliphatic heterocycles. The number of hydrogen-bond donors (Lipinski definition) is 1. The lowest BCUT2D eigenvalue weighted by atomic mass is 9.98. The predicted molar refractivity (Wildman–Crippen MR) is 62.0 cm³/mol. The first-order chi connectivity index (χ1) is 7.31. The average Bonchev–Trinajstić information content (AvgIpc) is 2.72. The molecule has 2 atom stereocenters. The van der Waals surface area contributed by atoms with Crippen molar-refractivity contribution in [3.8, 4) is 0 Å². The van der Waals surface area contributed by atoms with Gasteiger partial charge in [0.15, 0.2) is 0 Å². The fraction of sp³-hybridized carbons (Fsp3) is 0.538. The Hall–Kier alpha value is -0.860. The summed E-state index contributed by atoms with van der Waals surface area (Å²) < 4.78 is 5.74. The summed E-state index contributed by atoms with van der Waals surface area (Å²) in [6.45, 7) is 3.04. The molecule has 1 heterocycles. The van der Waals surface area contributed by atoms with E-state index in [0.717, 1.165) is 6.61 Å². The topological polar surface area (TPSA) is 21.3 Å². The molecule has 2 heteroatoms. The van der Waals surface area contributed by atoms with Crippen LogP contribution >= 0.6 is 0 Å². The first-order valence-corrected chi connectivity index (χ1v) is 5.66. The van der Waals surface area contributed by atoms with Crippen molar-refractivity contribution in [3.63, 3.8) is 0 Å². The molecule has 0 radical (unpaired) electrons. The van der Waals surface area contributed by atoms with Crippen LogP contribution in [0.15, 0.2) is 24.3 Å². The normalized spacial score (nSPS) is 22.9. The number of nitrogens with one attached hydrogen (secondary N) is 1. The lowest BCUT2D eigenvalue weighted by molar-refractivity contribution is 0.0807. The van der Waals surface area contributed by atoms with Gasteiger partial charge < -0.3 is 10.1 Å². The van der Waals surface area contributed by atoms with E-state index in [4.69, 9.17) is 4.74 Å². The highest BCUT2D eigenvalue weighted by molar-refractivity contribution is 5.26. The van der Waals surface area contributed by atoms with E-state index in [9.17, 15) is 0 Å². The number of rotatable bonds is 3. The minimum atomic E-state index is 0.340. The lowest BCUT2D eigenvalue weighted by Gasteiger charge is -2.23. The van der Waals surface area contributed by atoms with Crippen LogP contribution in [0.1, 0.15) is 30.0 Å². The molecule has 1 aromatic rings. The van der Waals surface area contributed by atoms with Crippen molar-refractivity contribution in [2.24, 2.45) is 0 Å². The van der Waals surface area contributed by atoms with E-state index in [1.807, 2.05) is 7.05 Å². The van der Waals surface area contributed by atoms with Gasteiger partial charge in [0.25, 0.3) is 0 Å². The molecular weight excluding hydrogens is 186 g/mol. The molecule has 0 amide bonds. The van der Waals surface area contributed by atoms with Gasteiger partial charge in [0.2, 0.25) is 0 Å². The summed E-state index contributed by atoms with van der Waals surface area (Å²) in [6.07, 6.45) is 2.70. The molecule has 2 rings (SSSR count). The summed E-state index contributed by atoms with van der Waals surface area (Å²) >= 11 is 0. The molecule has 2 unspecified atom stereocenters. The van der Waals surface area contributed by atoms with E-state index < -0.39 is 0 Å². The smallest absolute Gasteiger partial charge is 0.0770 e. The zero-order valence-electron chi connectivity index (χ0n) is 9.49. The molecule has 0 aromatic heterocycles. The zero-order valence-corrected chi connectivity index (χ0v) is 9.49. The summed E-state index contributed by atoms with van der Waals surface area (Å²) in [5.41, 5.74) is 2.65. The molecule has 0 aliphatic carbocycles. The Morgan fingerprint density at radius 3 is 2.93 bits per heavy atom. The second kappa shape index (κ2) is 4.77. The van der Waals surface area contributed by atoms with Crippen molar-refractivity contribution in [3.05, 3.63) is 35.4 Å². The molecule has 0 spiro atoms. The molecular formula is C13H19NO. The molecule has 82 valence electrons. The maximum absolute atomic E-state index is 5.74. The van der Waals surface area contributed by atoms with Gasteiger partial charge >= 0.3 is 0 Å². The lowest BCUT2D eigenvalue weighted by Crippen LogP contribution is -2.28. The molecule has 0 bridgehead atoms. The quantitative estimate of drug-likeness (QED) is 0.818. The standard InChI is InChI=1S/C13H19NO/c1-10-5-3-6-11(9-10)13(14-2)12-7-4-8-15-12/h3,5-6,9,12-14H,4,7-8H2,1-2H3. The minimum Gasteiger partial charge on any atom is -0.376 e. The van der Waals surface area contributed by atoms with Crippen molar-refractivity contribution < 1.29 is 4.74 Å². The third-order valence-electron chi connectivity index (χ3n) is 3.05. The highest BCUT2D eigenvalue weighted by Gasteiger charge is 2.25. The van der Waals surface area contributed by atoms with Crippen LogP contribution in [0.3, 0.4) is 0 Å². The average molecular weight is 205 g/mol. The van der Waals surface area contributed by atoms with Gasteiger partial charge in [-0.2, -0.15) is 0 Å². The number of hydrogen-bond acceptors (Lipinski definition) is 2. The van der Waals surface area contributed by atoms with E-state index in [1.54, 1.807) is 0 Å². The maximum Gasteiger partial charge on any atom is 0.0770 e. The SMILES string of the molecule is CNC(c1cccc(C)c1)C1CCCO1. The van der Waals surface area contributed by atoms with Crippen LogP contribution in [0, 0.1) is 6.92 Å². The van der Waals surface area contributed by atoms with Gasteiger partial charge in [-0.1, -0.05) is 29.8 Å². The number of aryl methyl sites for hydroxylation is 1. The van der Waals surface area contributed by atoms with E-state index in [1.165, 1.54) is 24.0 Å². The summed E-state index contributed by atoms with van der Waals surface area (Å²) in [7, 11) is 2.01. The van der Waals surface area contributed by atoms with Crippen molar-refractivity contribution in [2.45, 2.75) is 31.9 Å². The van der Waals surface area contributed by atoms with Gasteiger partial charge in [-0.05, 0) is 32.4 Å². The van der Waals surface area contributed by atoms with Gasteiger partial charge in [0.1, 0.15) is 0 Å². The molecule has 0 saturated carbocycles. The third-order valence-corrected chi connectivity index (χ3v) is 3.05. The zero-order chi connectivity index (χ0) is 10.7. The van der Waals surface area contributed by atoms with Gasteiger partial charge in [0, 0.05) is 6.61 Å². The highest BCUT2D eigenvalue weighted by Crippen LogP contribution is 2.26. The van der Waals surface area contributed by atoms with Crippen LogP contribution in [-0.4, -0.2) is 19.8 Å². The van der Waals surface area contributed by atoms with E-state index in [0.29, 0.717) is 12.1 Å². The summed E-state index contributed by atoms with van der Waals surface area (Å²) in [5, 5.41) is 3.36. The monoisotopic (exact) mass is 205 g/mol.